The Labute approximate surface area is 120 Å². The number of aromatic nitrogens is 2. The summed E-state index contributed by atoms with van der Waals surface area (Å²) < 4.78 is 0. The number of hydrogen-bond acceptors (Lipinski definition) is 5. The van der Waals surface area contributed by atoms with Crippen LogP contribution in [0.5, 0.6) is 0 Å². The number of anilines is 2. The Hall–Kier alpha value is -1.36. The van der Waals surface area contributed by atoms with Crippen molar-refractivity contribution in [3.63, 3.8) is 0 Å². The first-order valence-corrected chi connectivity index (χ1v) is 7.79. The van der Waals surface area contributed by atoms with Crippen molar-refractivity contribution in [2.75, 3.05) is 16.9 Å². The van der Waals surface area contributed by atoms with Crippen molar-refractivity contribution in [2.24, 2.45) is 11.8 Å². The highest BCUT2D eigenvalue weighted by Gasteiger charge is 2.34. The fraction of sp³-hybridized carbons (Fsp3) is 0.733. The number of aryl methyl sites for hydroxylation is 1. The van der Waals surface area contributed by atoms with Gasteiger partial charge >= 0.3 is 0 Å². The number of nitrogen functional groups attached to an aromatic ring is 1. The Morgan fingerprint density at radius 1 is 1.10 bits per heavy atom. The first-order chi connectivity index (χ1) is 9.70. The zero-order valence-corrected chi connectivity index (χ0v) is 12.5. The lowest BCUT2D eigenvalue weighted by Crippen LogP contribution is -2.47. The van der Waals surface area contributed by atoms with Crippen LogP contribution in [0.3, 0.4) is 0 Å². The van der Waals surface area contributed by atoms with E-state index in [4.69, 9.17) is 10.8 Å². The maximum absolute atomic E-state index is 5.59. The topological polar surface area (TPSA) is 67.1 Å². The fourth-order valence-electron chi connectivity index (χ4n) is 3.92. The summed E-state index contributed by atoms with van der Waals surface area (Å²) in [5.74, 6) is 9.07. The third-order valence-corrected chi connectivity index (χ3v) is 4.88. The Balaban J connectivity index is 1.96. The summed E-state index contributed by atoms with van der Waals surface area (Å²) in [6.07, 6.45) is 8.08. The number of hydrogen-bond donors (Lipinski definition) is 2. The maximum atomic E-state index is 5.59. The molecule has 5 heteroatoms. The third kappa shape index (κ3) is 2.35. The summed E-state index contributed by atoms with van der Waals surface area (Å²) >= 11 is 0. The van der Waals surface area contributed by atoms with Gasteiger partial charge in [0.25, 0.3) is 0 Å². The van der Waals surface area contributed by atoms with Gasteiger partial charge in [-0.25, -0.2) is 15.8 Å². The molecule has 0 bridgehead atoms. The average molecular weight is 275 g/mol. The molecule has 0 aromatic carbocycles. The molecule has 1 aromatic heterocycles. The van der Waals surface area contributed by atoms with Crippen LogP contribution in [-0.2, 0) is 0 Å². The minimum absolute atomic E-state index is 0.663. The number of nitrogens with one attached hydrogen (secondary N) is 1. The Morgan fingerprint density at radius 2 is 1.85 bits per heavy atom. The van der Waals surface area contributed by atoms with E-state index < -0.39 is 0 Å². The van der Waals surface area contributed by atoms with Gasteiger partial charge in [0.2, 0.25) is 0 Å². The van der Waals surface area contributed by atoms with Gasteiger partial charge in [-0.2, -0.15) is 0 Å². The van der Waals surface area contributed by atoms with Crippen LogP contribution in [-0.4, -0.2) is 22.6 Å². The van der Waals surface area contributed by atoms with E-state index in [0.717, 1.165) is 35.5 Å². The van der Waals surface area contributed by atoms with E-state index in [1.165, 1.54) is 38.5 Å². The Kier molecular flexibility index (Phi) is 3.78. The fourth-order valence-corrected chi connectivity index (χ4v) is 3.92. The van der Waals surface area contributed by atoms with Gasteiger partial charge in [-0.3, -0.25) is 0 Å². The number of fused-ring (bicyclic) bond motifs is 1. The molecule has 2 heterocycles. The lowest BCUT2D eigenvalue weighted by molar-refractivity contribution is 0.242. The minimum atomic E-state index is 0.663. The van der Waals surface area contributed by atoms with Crippen molar-refractivity contribution in [1.82, 2.24) is 9.97 Å². The van der Waals surface area contributed by atoms with Gasteiger partial charge in [0.05, 0.1) is 0 Å². The molecule has 2 aliphatic rings. The lowest BCUT2D eigenvalue weighted by Gasteiger charge is -2.45. The Morgan fingerprint density at radius 3 is 2.65 bits per heavy atom. The summed E-state index contributed by atoms with van der Waals surface area (Å²) in [6.45, 7) is 5.12. The molecule has 20 heavy (non-hydrogen) atoms. The van der Waals surface area contributed by atoms with E-state index in [2.05, 4.69) is 22.2 Å². The van der Waals surface area contributed by atoms with Crippen LogP contribution >= 0.6 is 0 Å². The van der Waals surface area contributed by atoms with Crippen molar-refractivity contribution < 1.29 is 0 Å². The van der Waals surface area contributed by atoms with Crippen LogP contribution < -0.4 is 16.2 Å². The summed E-state index contributed by atoms with van der Waals surface area (Å²) in [6, 6.07) is 0.663. The number of nitrogens with two attached hydrogens (primary N) is 1. The number of piperidine rings is 1. The zero-order chi connectivity index (χ0) is 14.1. The smallest absolute Gasteiger partial charge is 0.148 e. The highest BCUT2D eigenvalue weighted by Crippen LogP contribution is 2.38. The second-order valence-corrected chi connectivity index (χ2v) is 6.16. The molecule has 0 amide bonds. The largest absolute Gasteiger partial charge is 0.353 e. The van der Waals surface area contributed by atoms with Crippen molar-refractivity contribution in [3.05, 3.63) is 11.4 Å². The predicted octanol–water partition coefficient (Wildman–Crippen LogP) is 2.54. The average Bonchev–Trinajstić information content (AvgIpc) is 2.48. The molecule has 1 aliphatic heterocycles. The summed E-state index contributed by atoms with van der Waals surface area (Å²) in [5, 5.41) is 0. The SMILES string of the molecule is Cc1nc(NN)c(C)c(N2CCC[C@H]3CCCC[C@H]32)n1. The molecule has 5 nitrogen and oxygen atoms in total. The van der Waals surface area contributed by atoms with Crippen LogP contribution in [0, 0.1) is 19.8 Å². The predicted molar refractivity (Wildman–Crippen MR) is 81.6 cm³/mol. The zero-order valence-electron chi connectivity index (χ0n) is 12.5. The third-order valence-electron chi connectivity index (χ3n) is 4.88. The second kappa shape index (κ2) is 5.56. The lowest BCUT2D eigenvalue weighted by atomic mass is 9.78. The first-order valence-electron chi connectivity index (χ1n) is 7.79. The summed E-state index contributed by atoms with van der Waals surface area (Å²) in [7, 11) is 0. The normalized spacial score (nSPS) is 26.2. The van der Waals surface area contributed by atoms with Gasteiger partial charge < -0.3 is 10.3 Å². The van der Waals surface area contributed by atoms with E-state index >= 15 is 0 Å². The Bertz CT molecular complexity index is 485. The van der Waals surface area contributed by atoms with Gasteiger partial charge in [0.1, 0.15) is 17.5 Å². The molecule has 0 spiro atoms. The van der Waals surface area contributed by atoms with Crippen LogP contribution in [0.15, 0.2) is 0 Å². The van der Waals surface area contributed by atoms with Crippen LogP contribution in [0.25, 0.3) is 0 Å². The molecule has 2 fully saturated rings. The molecule has 1 aliphatic carbocycles. The van der Waals surface area contributed by atoms with Crippen LogP contribution in [0.1, 0.15) is 49.9 Å². The standard InChI is InChI=1S/C15H25N5/c1-10-14(19-16)17-11(2)18-15(10)20-9-5-7-12-6-3-4-8-13(12)20/h12-13H,3-9,16H2,1-2H3,(H,17,18,19)/t12-,13-/m1/s1. The molecular formula is C15H25N5. The van der Waals surface area contributed by atoms with Gasteiger partial charge in [0.15, 0.2) is 0 Å². The molecule has 1 aromatic rings. The number of nitrogens with zero attached hydrogens (tertiary/aromatic N) is 3. The molecule has 3 rings (SSSR count). The summed E-state index contributed by atoms with van der Waals surface area (Å²) in [5.41, 5.74) is 3.78. The molecular weight excluding hydrogens is 250 g/mol. The highest BCUT2D eigenvalue weighted by molar-refractivity contribution is 5.59. The quantitative estimate of drug-likeness (QED) is 0.641. The number of hydrazine groups is 1. The molecule has 110 valence electrons. The van der Waals surface area contributed by atoms with E-state index in [9.17, 15) is 0 Å². The second-order valence-electron chi connectivity index (χ2n) is 6.16. The van der Waals surface area contributed by atoms with E-state index in [1.54, 1.807) is 0 Å². The molecule has 0 radical (unpaired) electrons. The van der Waals surface area contributed by atoms with Crippen molar-refractivity contribution in [2.45, 2.75) is 58.4 Å². The van der Waals surface area contributed by atoms with Gasteiger partial charge in [-0.1, -0.05) is 12.8 Å². The van der Waals surface area contributed by atoms with Gasteiger partial charge in [-0.05, 0) is 45.4 Å². The minimum Gasteiger partial charge on any atom is -0.353 e. The van der Waals surface area contributed by atoms with Crippen molar-refractivity contribution >= 4 is 11.6 Å². The highest BCUT2D eigenvalue weighted by atomic mass is 15.3. The monoisotopic (exact) mass is 275 g/mol. The van der Waals surface area contributed by atoms with Crippen molar-refractivity contribution in [3.8, 4) is 0 Å². The summed E-state index contributed by atoms with van der Waals surface area (Å²) in [4.78, 5) is 11.6. The van der Waals surface area contributed by atoms with E-state index in [0.29, 0.717) is 6.04 Å². The van der Waals surface area contributed by atoms with Crippen LogP contribution in [0.2, 0.25) is 0 Å². The molecule has 2 atom stereocenters. The maximum Gasteiger partial charge on any atom is 0.148 e. The van der Waals surface area contributed by atoms with E-state index in [1.807, 2.05) is 6.92 Å². The molecule has 0 unspecified atom stereocenters. The molecule has 1 saturated carbocycles. The molecule has 3 N–H and O–H groups in total. The molecule has 1 saturated heterocycles. The first kappa shape index (κ1) is 13.6. The van der Waals surface area contributed by atoms with Gasteiger partial charge in [0, 0.05) is 18.2 Å². The number of rotatable bonds is 2. The van der Waals surface area contributed by atoms with Crippen LogP contribution in [0.4, 0.5) is 11.6 Å². The van der Waals surface area contributed by atoms with Crippen molar-refractivity contribution in [1.29, 1.82) is 0 Å². The van der Waals surface area contributed by atoms with Gasteiger partial charge in [-0.15, -0.1) is 0 Å². The van der Waals surface area contributed by atoms with E-state index in [-0.39, 0.29) is 0 Å².